The van der Waals surface area contributed by atoms with E-state index in [-0.39, 0.29) is 5.60 Å². The number of ether oxygens (including phenoxy) is 1. The molecule has 0 aromatic carbocycles. The lowest BCUT2D eigenvalue weighted by Gasteiger charge is -2.57. The fourth-order valence-corrected chi connectivity index (χ4v) is 2.67. The van der Waals surface area contributed by atoms with Gasteiger partial charge in [0.1, 0.15) is 0 Å². The van der Waals surface area contributed by atoms with Gasteiger partial charge in [0.05, 0.1) is 11.7 Å². The third-order valence-corrected chi connectivity index (χ3v) is 4.20. The Morgan fingerprint density at radius 3 is 2.38 bits per heavy atom. The molecular formula is C11H21NO. The number of morpholine rings is 1. The second kappa shape index (κ2) is 2.96. The fourth-order valence-electron chi connectivity index (χ4n) is 2.67. The van der Waals surface area contributed by atoms with E-state index in [4.69, 9.17) is 4.74 Å². The van der Waals surface area contributed by atoms with E-state index in [1.165, 1.54) is 6.42 Å². The second-order valence-electron chi connectivity index (χ2n) is 5.03. The third kappa shape index (κ3) is 1.31. The molecule has 2 heteroatoms. The molecule has 2 rings (SSSR count). The van der Waals surface area contributed by atoms with Crippen LogP contribution in [-0.4, -0.2) is 24.3 Å². The molecule has 76 valence electrons. The number of hydrogen-bond acceptors (Lipinski definition) is 2. The van der Waals surface area contributed by atoms with Crippen molar-refractivity contribution >= 4 is 0 Å². The summed E-state index contributed by atoms with van der Waals surface area (Å²) in [5.41, 5.74) is 0.172. The lowest BCUT2D eigenvalue weighted by molar-refractivity contribution is -0.217. The van der Waals surface area contributed by atoms with E-state index in [0.29, 0.717) is 12.1 Å². The maximum absolute atomic E-state index is 6.14. The lowest BCUT2D eigenvalue weighted by Crippen LogP contribution is -2.66. The van der Waals surface area contributed by atoms with Crippen molar-refractivity contribution in [3.8, 4) is 0 Å². The molecule has 0 amide bonds. The third-order valence-electron chi connectivity index (χ3n) is 4.20. The van der Waals surface area contributed by atoms with Crippen LogP contribution in [0.15, 0.2) is 0 Å². The second-order valence-corrected chi connectivity index (χ2v) is 5.03. The van der Waals surface area contributed by atoms with Crippen molar-refractivity contribution in [1.82, 2.24) is 5.32 Å². The van der Waals surface area contributed by atoms with Crippen molar-refractivity contribution in [2.45, 2.75) is 51.9 Å². The van der Waals surface area contributed by atoms with E-state index in [9.17, 15) is 0 Å². The molecule has 0 aromatic rings. The molecule has 0 radical (unpaired) electrons. The predicted molar refractivity (Wildman–Crippen MR) is 53.7 cm³/mol. The first-order valence-electron chi connectivity index (χ1n) is 5.46. The van der Waals surface area contributed by atoms with Gasteiger partial charge < -0.3 is 10.1 Å². The average Bonchev–Trinajstić information content (AvgIpc) is 2.11. The van der Waals surface area contributed by atoms with Gasteiger partial charge in [-0.15, -0.1) is 0 Å². The molecule has 2 aliphatic rings. The van der Waals surface area contributed by atoms with Crippen LogP contribution < -0.4 is 5.32 Å². The minimum Gasteiger partial charge on any atom is -0.369 e. The molecule has 5 unspecified atom stereocenters. The molecule has 5 atom stereocenters. The van der Waals surface area contributed by atoms with Crippen LogP contribution in [0.1, 0.15) is 34.1 Å². The van der Waals surface area contributed by atoms with Crippen LogP contribution in [0.3, 0.4) is 0 Å². The predicted octanol–water partition coefficient (Wildman–Crippen LogP) is 1.80. The summed E-state index contributed by atoms with van der Waals surface area (Å²) in [6.45, 7) is 10.1. The van der Waals surface area contributed by atoms with Crippen LogP contribution in [0.2, 0.25) is 0 Å². The van der Waals surface area contributed by atoms with Crippen LogP contribution in [0.25, 0.3) is 0 Å². The first kappa shape index (κ1) is 9.47. The fraction of sp³-hybridized carbons (Fsp3) is 1.00. The molecule has 1 aliphatic heterocycles. The largest absolute Gasteiger partial charge is 0.369 e. The zero-order valence-electron chi connectivity index (χ0n) is 9.13. The number of hydrogen-bond donors (Lipinski definition) is 1. The summed E-state index contributed by atoms with van der Waals surface area (Å²) in [4.78, 5) is 0. The molecule has 2 nitrogen and oxygen atoms in total. The maximum Gasteiger partial charge on any atom is 0.0841 e. The van der Waals surface area contributed by atoms with Crippen molar-refractivity contribution in [1.29, 1.82) is 0 Å². The van der Waals surface area contributed by atoms with Crippen LogP contribution >= 0.6 is 0 Å². The molecule has 13 heavy (non-hydrogen) atoms. The number of rotatable bonds is 0. The Labute approximate surface area is 81.0 Å². The standard InChI is InChI=1S/C11H21NO/c1-7-5-11(8(7)2)6-12-9(3)10(4)13-11/h7-10,12H,5-6H2,1-4H3. The lowest BCUT2D eigenvalue weighted by atomic mass is 9.62. The Kier molecular flexibility index (Phi) is 2.16. The molecule has 0 bridgehead atoms. The Bertz CT molecular complexity index is 206. The highest BCUT2D eigenvalue weighted by Crippen LogP contribution is 2.47. The van der Waals surface area contributed by atoms with Gasteiger partial charge in [0.2, 0.25) is 0 Å². The topological polar surface area (TPSA) is 21.3 Å². The first-order valence-corrected chi connectivity index (χ1v) is 5.46. The van der Waals surface area contributed by atoms with Gasteiger partial charge in [0, 0.05) is 12.6 Å². The quantitative estimate of drug-likeness (QED) is 0.618. The summed E-state index contributed by atoms with van der Waals surface area (Å²) in [6, 6.07) is 0.508. The molecule has 1 spiro atoms. The van der Waals surface area contributed by atoms with Crippen molar-refractivity contribution in [2.75, 3.05) is 6.54 Å². The molecule has 1 aliphatic carbocycles. The summed E-state index contributed by atoms with van der Waals surface area (Å²) in [5.74, 6) is 1.55. The van der Waals surface area contributed by atoms with Gasteiger partial charge in [-0.05, 0) is 32.1 Å². The van der Waals surface area contributed by atoms with Crippen LogP contribution in [0, 0.1) is 11.8 Å². The van der Waals surface area contributed by atoms with Crippen molar-refractivity contribution in [2.24, 2.45) is 11.8 Å². The zero-order valence-corrected chi connectivity index (χ0v) is 9.13. The zero-order chi connectivity index (χ0) is 9.64. The smallest absolute Gasteiger partial charge is 0.0841 e. The Morgan fingerprint density at radius 2 is 1.92 bits per heavy atom. The summed E-state index contributed by atoms with van der Waals surface area (Å²) >= 11 is 0. The first-order chi connectivity index (χ1) is 6.05. The summed E-state index contributed by atoms with van der Waals surface area (Å²) in [7, 11) is 0. The normalized spacial score (nSPS) is 56.3. The van der Waals surface area contributed by atoms with Crippen LogP contribution in [0.4, 0.5) is 0 Å². The van der Waals surface area contributed by atoms with Crippen molar-refractivity contribution in [3.63, 3.8) is 0 Å². The molecule has 2 fully saturated rings. The van der Waals surface area contributed by atoms with Gasteiger partial charge in [-0.25, -0.2) is 0 Å². The molecule has 1 saturated carbocycles. The molecule has 1 N–H and O–H groups in total. The Hall–Kier alpha value is -0.0800. The Morgan fingerprint density at radius 1 is 1.23 bits per heavy atom. The van der Waals surface area contributed by atoms with Crippen molar-refractivity contribution < 1.29 is 4.74 Å². The highest BCUT2D eigenvalue weighted by molar-refractivity contribution is 5.04. The van der Waals surface area contributed by atoms with Gasteiger partial charge in [-0.1, -0.05) is 13.8 Å². The molecule has 0 aromatic heterocycles. The summed E-state index contributed by atoms with van der Waals surface area (Å²) in [6.07, 6.45) is 1.60. The van der Waals surface area contributed by atoms with E-state index in [1.807, 2.05) is 0 Å². The van der Waals surface area contributed by atoms with Gasteiger partial charge >= 0.3 is 0 Å². The van der Waals surface area contributed by atoms with E-state index in [0.717, 1.165) is 18.4 Å². The number of nitrogens with one attached hydrogen (secondary N) is 1. The average molecular weight is 183 g/mol. The molecular weight excluding hydrogens is 162 g/mol. The van der Waals surface area contributed by atoms with Gasteiger partial charge in [-0.3, -0.25) is 0 Å². The Balaban J connectivity index is 2.03. The van der Waals surface area contributed by atoms with E-state index in [1.54, 1.807) is 0 Å². The van der Waals surface area contributed by atoms with Crippen LogP contribution in [0.5, 0.6) is 0 Å². The maximum atomic E-state index is 6.14. The summed E-state index contributed by atoms with van der Waals surface area (Å²) in [5, 5.41) is 3.55. The minimum atomic E-state index is 0.172. The van der Waals surface area contributed by atoms with Crippen LogP contribution in [-0.2, 0) is 4.74 Å². The highest BCUT2D eigenvalue weighted by Gasteiger charge is 2.53. The van der Waals surface area contributed by atoms with Gasteiger partial charge in [0.25, 0.3) is 0 Å². The SMILES string of the molecule is CC1CC2(CNC(C)C(C)O2)C1C. The summed E-state index contributed by atoms with van der Waals surface area (Å²) < 4.78 is 6.14. The van der Waals surface area contributed by atoms with E-state index in [2.05, 4.69) is 33.0 Å². The minimum absolute atomic E-state index is 0.172. The van der Waals surface area contributed by atoms with E-state index < -0.39 is 0 Å². The monoisotopic (exact) mass is 183 g/mol. The molecule has 1 heterocycles. The van der Waals surface area contributed by atoms with E-state index >= 15 is 0 Å². The highest BCUT2D eigenvalue weighted by atomic mass is 16.5. The van der Waals surface area contributed by atoms with Gasteiger partial charge in [0.15, 0.2) is 0 Å². The molecule has 1 saturated heterocycles. The van der Waals surface area contributed by atoms with Crippen molar-refractivity contribution in [3.05, 3.63) is 0 Å². The van der Waals surface area contributed by atoms with Gasteiger partial charge in [-0.2, -0.15) is 0 Å².